The maximum atomic E-state index is 13.2. The summed E-state index contributed by atoms with van der Waals surface area (Å²) in [5.41, 5.74) is 1.55. The Labute approximate surface area is 229 Å². The first-order valence-electron chi connectivity index (χ1n) is 10.8. The minimum atomic E-state index is -0.836. The number of amides is 4. The lowest BCUT2D eigenvalue weighted by Gasteiger charge is -2.26. The molecule has 4 rings (SSSR count). The summed E-state index contributed by atoms with van der Waals surface area (Å²) < 4.78 is 13.3. The molecule has 1 aliphatic heterocycles. The summed E-state index contributed by atoms with van der Waals surface area (Å²) in [7, 11) is 0. The van der Waals surface area contributed by atoms with Gasteiger partial charge in [-0.15, -0.1) is 0 Å². The van der Waals surface area contributed by atoms with Gasteiger partial charge >= 0.3 is 6.03 Å². The van der Waals surface area contributed by atoms with Gasteiger partial charge in [0.15, 0.2) is 11.5 Å². The van der Waals surface area contributed by atoms with E-state index in [4.69, 9.17) is 21.1 Å². The first-order chi connectivity index (χ1) is 17.3. The molecule has 1 heterocycles. The van der Waals surface area contributed by atoms with Crippen molar-refractivity contribution in [2.75, 3.05) is 11.5 Å². The molecule has 0 saturated carbocycles. The number of imide groups is 2. The van der Waals surface area contributed by atoms with Crippen LogP contribution in [0, 0.1) is 0 Å². The van der Waals surface area contributed by atoms with Crippen molar-refractivity contribution in [3.63, 3.8) is 0 Å². The van der Waals surface area contributed by atoms with E-state index in [1.54, 1.807) is 24.3 Å². The number of carbonyl (C=O) groups is 3. The Morgan fingerprint density at radius 1 is 0.972 bits per heavy atom. The van der Waals surface area contributed by atoms with Crippen LogP contribution in [-0.4, -0.2) is 24.5 Å². The van der Waals surface area contributed by atoms with Gasteiger partial charge < -0.3 is 9.47 Å². The third-order valence-corrected chi connectivity index (χ3v) is 6.50. The summed E-state index contributed by atoms with van der Waals surface area (Å²) in [5, 5.41) is 2.66. The first kappa shape index (κ1) is 25.9. The molecule has 1 aliphatic rings. The van der Waals surface area contributed by atoms with E-state index in [1.165, 1.54) is 18.2 Å². The minimum Gasteiger partial charge on any atom is -0.490 e. The van der Waals surface area contributed by atoms with Crippen molar-refractivity contribution in [1.29, 1.82) is 0 Å². The molecular formula is C26H19Br2ClN2O5. The highest BCUT2D eigenvalue weighted by atomic mass is 79.9. The van der Waals surface area contributed by atoms with Crippen molar-refractivity contribution >= 4 is 73.1 Å². The van der Waals surface area contributed by atoms with Crippen molar-refractivity contribution in [2.24, 2.45) is 0 Å². The van der Waals surface area contributed by atoms with Crippen molar-refractivity contribution in [2.45, 2.75) is 13.5 Å². The number of urea groups is 1. The molecule has 3 aromatic rings. The zero-order valence-electron chi connectivity index (χ0n) is 18.9. The molecule has 1 saturated heterocycles. The van der Waals surface area contributed by atoms with Gasteiger partial charge in [0.25, 0.3) is 11.8 Å². The standard InChI is InChI=1S/C26H19Br2ClN2O5/c1-2-35-22-13-16(12-21(28)23(22)36-14-15-3-5-17(27)6-4-15)11-20-24(32)30-26(34)31(25(20)33)19-9-7-18(29)8-10-19/h3-13H,2,14H2,1H3,(H,30,32,34)/b20-11+. The van der Waals surface area contributed by atoms with Crippen LogP contribution in [0.3, 0.4) is 0 Å². The molecule has 184 valence electrons. The number of barbiturate groups is 1. The molecule has 36 heavy (non-hydrogen) atoms. The summed E-state index contributed by atoms with van der Waals surface area (Å²) in [6.45, 7) is 2.52. The average molecular weight is 635 g/mol. The Bertz CT molecular complexity index is 1360. The van der Waals surface area contributed by atoms with Gasteiger partial charge in [-0.05, 0) is 88.6 Å². The molecular weight excluding hydrogens is 616 g/mol. The SMILES string of the molecule is CCOc1cc(/C=C2\C(=O)NC(=O)N(c3ccc(Cl)cc3)C2=O)cc(Br)c1OCc1ccc(Br)cc1. The van der Waals surface area contributed by atoms with Gasteiger partial charge in [0, 0.05) is 9.50 Å². The molecule has 0 bridgehead atoms. The smallest absolute Gasteiger partial charge is 0.335 e. The molecule has 0 spiro atoms. The highest BCUT2D eigenvalue weighted by Crippen LogP contribution is 2.38. The number of nitrogens with zero attached hydrogens (tertiary/aromatic N) is 1. The fourth-order valence-electron chi connectivity index (χ4n) is 3.46. The van der Waals surface area contributed by atoms with Crippen LogP contribution >= 0.6 is 43.5 Å². The van der Waals surface area contributed by atoms with E-state index in [1.807, 2.05) is 31.2 Å². The Balaban J connectivity index is 1.65. The third kappa shape index (κ3) is 5.80. The minimum absolute atomic E-state index is 0.206. The van der Waals surface area contributed by atoms with E-state index < -0.39 is 17.8 Å². The number of nitrogens with one attached hydrogen (secondary N) is 1. The summed E-state index contributed by atoms with van der Waals surface area (Å²) in [5.74, 6) is -0.625. The number of ether oxygens (including phenoxy) is 2. The van der Waals surface area contributed by atoms with Crippen LogP contribution < -0.4 is 19.7 Å². The van der Waals surface area contributed by atoms with Gasteiger partial charge in [0.2, 0.25) is 0 Å². The predicted molar refractivity (Wildman–Crippen MR) is 144 cm³/mol. The van der Waals surface area contributed by atoms with Crippen LogP contribution in [0.2, 0.25) is 5.02 Å². The van der Waals surface area contributed by atoms with Crippen LogP contribution in [0.4, 0.5) is 10.5 Å². The van der Waals surface area contributed by atoms with Gasteiger partial charge in [-0.2, -0.15) is 0 Å². The molecule has 1 N–H and O–H groups in total. The number of anilines is 1. The normalized spacial score (nSPS) is 14.7. The topological polar surface area (TPSA) is 84.9 Å². The van der Waals surface area contributed by atoms with E-state index in [2.05, 4.69) is 37.2 Å². The predicted octanol–water partition coefficient (Wildman–Crippen LogP) is 6.51. The maximum absolute atomic E-state index is 13.2. The summed E-state index contributed by atoms with van der Waals surface area (Å²) >= 11 is 12.8. The Morgan fingerprint density at radius 2 is 1.67 bits per heavy atom. The third-order valence-electron chi connectivity index (χ3n) is 5.13. The molecule has 10 heteroatoms. The summed E-state index contributed by atoms with van der Waals surface area (Å²) in [4.78, 5) is 39.0. The van der Waals surface area contributed by atoms with Crippen molar-refractivity contribution in [3.8, 4) is 11.5 Å². The molecule has 3 aromatic carbocycles. The van der Waals surface area contributed by atoms with Gasteiger partial charge in [-0.1, -0.05) is 39.7 Å². The number of halogens is 3. The number of hydrogen-bond acceptors (Lipinski definition) is 5. The molecule has 0 aliphatic carbocycles. The lowest BCUT2D eigenvalue weighted by Crippen LogP contribution is -2.54. The molecule has 7 nitrogen and oxygen atoms in total. The highest BCUT2D eigenvalue weighted by Gasteiger charge is 2.36. The van der Waals surface area contributed by atoms with Crippen LogP contribution in [-0.2, 0) is 16.2 Å². The van der Waals surface area contributed by atoms with Gasteiger partial charge in [-0.3, -0.25) is 14.9 Å². The number of carbonyl (C=O) groups excluding carboxylic acids is 3. The van der Waals surface area contributed by atoms with Crippen LogP contribution in [0.5, 0.6) is 11.5 Å². The second-order valence-corrected chi connectivity index (χ2v) is 9.82. The maximum Gasteiger partial charge on any atom is 0.335 e. The average Bonchev–Trinajstić information content (AvgIpc) is 2.83. The fourth-order valence-corrected chi connectivity index (χ4v) is 4.42. The molecule has 1 fully saturated rings. The summed E-state index contributed by atoms with van der Waals surface area (Å²) in [6.07, 6.45) is 1.40. The second kappa shape index (κ2) is 11.3. The quantitative estimate of drug-likeness (QED) is 0.237. The zero-order chi connectivity index (χ0) is 25.8. The Morgan fingerprint density at radius 3 is 2.33 bits per heavy atom. The molecule has 4 amide bonds. The van der Waals surface area contributed by atoms with Gasteiger partial charge in [0.05, 0.1) is 16.8 Å². The van der Waals surface area contributed by atoms with Crippen molar-refractivity contribution in [3.05, 3.63) is 91.3 Å². The van der Waals surface area contributed by atoms with E-state index >= 15 is 0 Å². The van der Waals surface area contributed by atoms with Crippen LogP contribution in [0.25, 0.3) is 6.08 Å². The monoisotopic (exact) mass is 632 g/mol. The van der Waals surface area contributed by atoms with Crippen molar-refractivity contribution < 1.29 is 23.9 Å². The van der Waals surface area contributed by atoms with E-state index in [9.17, 15) is 14.4 Å². The molecule has 0 radical (unpaired) electrons. The fraction of sp³-hybridized carbons (Fsp3) is 0.115. The van der Waals surface area contributed by atoms with Crippen LogP contribution in [0.1, 0.15) is 18.1 Å². The molecule has 0 aromatic heterocycles. The largest absolute Gasteiger partial charge is 0.490 e. The lowest BCUT2D eigenvalue weighted by atomic mass is 10.1. The van der Waals surface area contributed by atoms with Crippen molar-refractivity contribution in [1.82, 2.24) is 5.32 Å². The number of benzene rings is 3. The van der Waals surface area contributed by atoms with E-state index in [0.29, 0.717) is 39.8 Å². The number of rotatable bonds is 7. The molecule has 0 unspecified atom stereocenters. The van der Waals surface area contributed by atoms with Crippen LogP contribution in [0.15, 0.2) is 75.2 Å². The Kier molecular flexibility index (Phi) is 8.13. The highest BCUT2D eigenvalue weighted by molar-refractivity contribution is 9.10. The van der Waals surface area contributed by atoms with E-state index in [0.717, 1.165) is 14.9 Å². The van der Waals surface area contributed by atoms with Gasteiger partial charge in [-0.25, -0.2) is 9.69 Å². The summed E-state index contributed by atoms with van der Waals surface area (Å²) in [6, 6.07) is 16.4. The second-order valence-electron chi connectivity index (χ2n) is 7.61. The molecule has 0 atom stereocenters. The van der Waals surface area contributed by atoms with Gasteiger partial charge in [0.1, 0.15) is 12.2 Å². The lowest BCUT2D eigenvalue weighted by molar-refractivity contribution is -0.122. The van der Waals surface area contributed by atoms with E-state index in [-0.39, 0.29) is 11.3 Å². The number of hydrogen-bond donors (Lipinski definition) is 1. The zero-order valence-corrected chi connectivity index (χ0v) is 22.8. The Hall–Kier alpha value is -3.14. The first-order valence-corrected chi connectivity index (χ1v) is 12.7.